The van der Waals surface area contributed by atoms with Gasteiger partial charge in [-0.15, -0.1) is 0 Å². The first-order valence-corrected chi connectivity index (χ1v) is 6.91. The van der Waals surface area contributed by atoms with Gasteiger partial charge < -0.3 is 15.2 Å². The van der Waals surface area contributed by atoms with Crippen molar-refractivity contribution in [1.82, 2.24) is 5.32 Å². The van der Waals surface area contributed by atoms with E-state index in [2.05, 4.69) is 24.4 Å². The highest BCUT2D eigenvalue weighted by Crippen LogP contribution is 2.17. The summed E-state index contributed by atoms with van der Waals surface area (Å²) in [6.45, 7) is 3.11. The van der Waals surface area contributed by atoms with E-state index in [0.29, 0.717) is 19.2 Å². The number of aliphatic hydroxyl groups is 1. The first-order chi connectivity index (χ1) is 8.78. The van der Waals surface area contributed by atoms with E-state index in [-0.39, 0.29) is 0 Å². The molecule has 18 heavy (non-hydrogen) atoms. The van der Waals surface area contributed by atoms with Gasteiger partial charge in [0.25, 0.3) is 0 Å². The minimum atomic E-state index is -0.434. The lowest BCUT2D eigenvalue weighted by Crippen LogP contribution is -2.41. The molecule has 0 aliphatic heterocycles. The summed E-state index contributed by atoms with van der Waals surface area (Å²) in [6.07, 6.45) is 4.40. The van der Waals surface area contributed by atoms with Crippen molar-refractivity contribution in [3.8, 4) is 5.75 Å². The van der Waals surface area contributed by atoms with Gasteiger partial charge in [-0.05, 0) is 37.0 Å². The molecule has 1 unspecified atom stereocenters. The Morgan fingerprint density at radius 3 is 2.61 bits per heavy atom. The van der Waals surface area contributed by atoms with E-state index in [4.69, 9.17) is 4.74 Å². The van der Waals surface area contributed by atoms with Crippen molar-refractivity contribution < 1.29 is 9.84 Å². The van der Waals surface area contributed by atoms with E-state index in [1.807, 2.05) is 12.1 Å². The fraction of sp³-hybridized carbons (Fsp3) is 0.600. The van der Waals surface area contributed by atoms with Gasteiger partial charge in [0.1, 0.15) is 18.5 Å². The maximum Gasteiger partial charge on any atom is 0.119 e. The van der Waals surface area contributed by atoms with Crippen LogP contribution in [0.1, 0.15) is 31.7 Å². The Bertz CT molecular complexity index is 346. The number of hydrogen-bond acceptors (Lipinski definition) is 3. The highest BCUT2D eigenvalue weighted by Gasteiger charge is 2.17. The molecule has 1 fully saturated rings. The summed E-state index contributed by atoms with van der Waals surface area (Å²) < 4.78 is 5.56. The smallest absolute Gasteiger partial charge is 0.119 e. The van der Waals surface area contributed by atoms with Crippen LogP contribution in [0.5, 0.6) is 5.75 Å². The molecule has 0 radical (unpaired) electrons. The van der Waals surface area contributed by atoms with Crippen LogP contribution in [0.2, 0.25) is 0 Å². The zero-order chi connectivity index (χ0) is 12.8. The van der Waals surface area contributed by atoms with Crippen molar-refractivity contribution in [3.63, 3.8) is 0 Å². The first kappa shape index (κ1) is 13.4. The van der Waals surface area contributed by atoms with E-state index < -0.39 is 6.10 Å². The van der Waals surface area contributed by atoms with Crippen LogP contribution in [-0.2, 0) is 6.42 Å². The maximum absolute atomic E-state index is 9.79. The molecule has 1 saturated carbocycles. The third-order valence-corrected chi connectivity index (χ3v) is 3.52. The summed E-state index contributed by atoms with van der Waals surface area (Å²) in [4.78, 5) is 0. The predicted molar refractivity (Wildman–Crippen MR) is 73.0 cm³/mol. The number of nitrogens with one attached hydrogen (secondary N) is 1. The average molecular weight is 249 g/mol. The summed E-state index contributed by atoms with van der Waals surface area (Å²) >= 11 is 0. The number of aryl methyl sites for hydroxylation is 1. The van der Waals surface area contributed by atoms with Gasteiger partial charge in [-0.25, -0.2) is 0 Å². The topological polar surface area (TPSA) is 41.5 Å². The monoisotopic (exact) mass is 249 g/mol. The summed E-state index contributed by atoms with van der Waals surface area (Å²) in [7, 11) is 0. The van der Waals surface area contributed by atoms with Gasteiger partial charge in [-0.1, -0.05) is 25.5 Å². The summed E-state index contributed by atoms with van der Waals surface area (Å²) in [5.74, 6) is 0.829. The van der Waals surface area contributed by atoms with Crippen LogP contribution in [0.25, 0.3) is 0 Å². The summed E-state index contributed by atoms with van der Waals surface area (Å²) in [5, 5.41) is 13.1. The second-order valence-corrected chi connectivity index (χ2v) is 5.00. The molecule has 3 nitrogen and oxygen atoms in total. The van der Waals surface area contributed by atoms with Crippen molar-refractivity contribution in [2.45, 2.75) is 44.8 Å². The lowest BCUT2D eigenvalue weighted by atomic mass is 9.93. The number of benzene rings is 1. The predicted octanol–water partition coefficient (Wildman–Crippen LogP) is 2.13. The highest BCUT2D eigenvalue weighted by molar-refractivity contribution is 5.27. The minimum Gasteiger partial charge on any atom is -0.491 e. The minimum absolute atomic E-state index is 0.352. The summed E-state index contributed by atoms with van der Waals surface area (Å²) in [6, 6.07) is 8.67. The van der Waals surface area contributed by atoms with Crippen molar-refractivity contribution >= 4 is 0 Å². The molecule has 1 aliphatic carbocycles. The molecule has 3 heteroatoms. The van der Waals surface area contributed by atoms with Crippen LogP contribution in [-0.4, -0.2) is 30.4 Å². The molecule has 100 valence electrons. The summed E-state index contributed by atoms with van der Waals surface area (Å²) in [5.41, 5.74) is 1.30. The SMILES string of the molecule is CCc1ccc(OCC(O)CNC2CCC2)cc1. The maximum atomic E-state index is 9.79. The van der Waals surface area contributed by atoms with Crippen LogP contribution in [0.4, 0.5) is 0 Å². The largest absolute Gasteiger partial charge is 0.491 e. The number of aliphatic hydroxyl groups excluding tert-OH is 1. The van der Waals surface area contributed by atoms with Gasteiger partial charge in [0, 0.05) is 12.6 Å². The quantitative estimate of drug-likeness (QED) is 0.778. The highest BCUT2D eigenvalue weighted by atomic mass is 16.5. The van der Waals surface area contributed by atoms with Crippen LogP contribution in [0.15, 0.2) is 24.3 Å². The van der Waals surface area contributed by atoms with Crippen LogP contribution < -0.4 is 10.1 Å². The van der Waals surface area contributed by atoms with Gasteiger partial charge in [-0.2, -0.15) is 0 Å². The standard InChI is InChI=1S/C15H23NO2/c1-2-12-6-8-15(9-7-12)18-11-14(17)10-16-13-4-3-5-13/h6-9,13-14,16-17H,2-5,10-11H2,1H3. The van der Waals surface area contributed by atoms with Gasteiger partial charge in [0.15, 0.2) is 0 Å². The van der Waals surface area contributed by atoms with E-state index in [0.717, 1.165) is 12.2 Å². The molecule has 0 saturated heterocycles. The van der Waals surface area contributed by atoms with E-state index in [1.54, 1.807) is 0 Å². The van der Waals surface area contributed by atoms with E-state index in [9.17, 15) is 5.11 Å². The molecule has 2 N–H and O–H groups in total. The number of hydrogen-bond donors (Lipinski definition) is 2. The normalized spacial score (nSPS) is 17.2. The number of rotatable bonds is 7. The Kier molecular flexibility index (Phi) is 5.02. The Balaban J connectivity index is 1.65. The third kappa shape index (κ3) is 4.00. The fourth-order valence-electron chi connectivity index (χ4n) is 1.99. The fourth-order valence-corrected chi connectivity index (χ4v) is 1.99. The molecule has 1 atom stereocenters. The molecule has 0 spiro atoms. The molecule has 1 aromatic rings. The molecule has 2 rings (SSSR count). The number of ether oxygens (including phenoxy) is 1. The Morgan fingerprint density at radius 2 is 2.06 bits per heavy atom. The van der Waals surface area contributed by atoms with Crippen LogP contribution >= 0.6 is 0 Å². The van der Waals surface area contributed by atoms with E-state index >= 15 is 0 Å². The molecular weight excluding hydrogens is 226 g/mol. The van der Waals surface area contributed by atoms with Gasteiger partial charge >= 0.3 is 0 Å². The lowest BCUT2D eigenvalue weighted by Gasteiger charge is -2.27. The molecule has 0 heterocycles. The Labute approximate surface area is 109 Å². The zero-order valence-corrected chi connectivity index (χ0v) is 11.1. The van der Waals surface area contributed by atoms with Gasteiger partial charge in [-0.3, -0.25) is 0 Å². The lowest BCUT2D eigenvalue weighted by molar-refractivity contribution is 0.0997. The molecule has 0 aromatic heterocycles. The molecule has 1 aliphatic rings. The van der Waals surface area contributed by atoms with Crippen LogP contribution in [0.3, 0.4) is 0 Å². The van der Waals surface area contributed by atoms with E-state index in [1.165, 1.54) is 24.8 Å². The molecular formula is C15H23NO2. The molecule has 1 aromatic carbocycles. The second kappa shape index (κ2) is 6.76. The van der Waals surface area contributed by atoms with Crippen molar-refractivity contribution in [2.75, 3.05) is 13.2 Å². The molecule has 0 amide bonds. The van der Waals surface area contributed by atoms with Crippen LogP contribution in [0, 0.1) is 0 Å². The first-order valence-electron chi connectivity index (χ1n) is 6.91. The Morgan fingerprint density at radius 1 is 1.33 bits per heavy atom. The van der Waals surface area contributed by atoms with Gasteiger partial charge in [0.2, 0.25) is 0 Å². The second-order valence-electron chi connectivity index (χ2n) is 5.00. The zero-order valence-electron chi connectivity index (χ0n) is 11.1. The van der Waals surface area contributed by atoms with Crippen molar-refractivity contribution in [2.24, 2.45) is 0 Å². The third-order valence-electron chi connectivity index (χ3n) is 3.52. The molecule has 0 bridgehead atoms. The average Bonchev–Trinajstić information content (AvgIpc) is 2.35. The van der Waals surface area contributed by atoms with Gasteiger partial charge in [0.05, 0.1) is 0 Å². The van der Waals surface area contributed by atoms with Crippen molar-refractivity contribution in [1.29, 1.82) is 0 Å². The van der Waals surface area contributed by atoms with Crippen molar-refractivity contribution in [3.05, 3.63) is 29.8 Å². The Hall–Kier alpha value is -1.06.